The summed E-state index contributed by atoms with van der Waals surface area (Å²) in [6, 6.07) is -0.150. The van der Waals surface area contributed by atoms with Gasteiger partial charge in [-0.3, -0.25) is 4.79 Å². The highest BCUT2D eigenvalue weighted by molar-refractivity contribution is 8.03. The van der Waals surface area contributed by atoms with Gasteiger partial charge in [-0.25, -0.2) is 9.59 Å². The third-order valence-corrected chi connectivity index (χ3v) is 7.58. The highest BCUT2D eigenvalue weighted by atomic mass is 32.2. The summed E-state index contributed by atoms with van der Waals surface area (Å²) in [6.45, 7) is 5.81. The van der Waals surface area contributed by atoms with E-state index in [1.807, 2.05) is 6.92 Å². The number of thioether (sulfide) groups is 1. The second-order valence-corrected chi connectivity index (χ2v) is 9.26. The van der Waals surface area contributed by atoms with Gasteiger partial charge in [0, 0.05) is 35.2 Å². The van der Waals surface area contributed by atoms with Crippen LogP contribution in [0.4, 0.5) is 4.79 Å². The lowest BCUT2D eigenvalue weighted by molar-refractivity contribution is -0.163. The second-order valence-electron chi connectivity index (χ2n) is 7.91. The van der Waals surface area contributed by atoms with Crippen molar-refractivity contribution in [3.05, 3.63) is 10.6 Å². The first-order valence-corrected chi connectivity index (χ1v) is 10.5. The van der Waals surface area contributed by atoms with E-state index >= 15 is 0 Å². The number of carboxylic acid groups (broad SMARTS) is 1. The summed E-state index contributed by atoms with van der Waals surface area (Å²) in [5.74, 6) is -2.08. The molecule has 154 valence electrons. The highest BCUT2D eigenvalue weighted by Gasteiger charge is 2.60. The molecule has 0 radical (unpaired) electrons. The summed E-state index contributed by atoms with van der Waals surface area (Å²) >= 11 is 1.51. The van der Waals surface area contributed by atoms with Crippen LogP contribution in [0, 0.1) is 11.8 Å². The monoisotopic (exact) mass is 411 g/mol. The van der Waals surface area contributed by atoms with Gasteiger partial charge in [0.2, 0.25) is 5.91 Å². The maximum absolute atomic E-state index is 12.4. The number of aliphatic hydroxyl groups excluding tert-OH is 1. The molecule has 3 saturated heterocycles. The first-order valence-electron chi connectivity index (χ1n) is 9.60. The van der Waals surface area contributed by atoms with Crippen LogP contribution >= 0.6 is 11.8 Å². The number of fused-ring (bicyclic) bond motifs is 1. The van der Waals surface area contributed by atoms with E-state index in [1.165, 1.54) is 16.7 Å². The number of aliphatic hydroxyl groups is 1. The molecule has 0 aromatic rings. The van der Waals surface area contributed by atoms with Gasteiger partial charge in [-0.05, 0) is 13.3 Å². The molecule has 0 saturated carbocycles. The minimum atomic E-state index is -1.10. The summed E-state index contributed by atoms with van der Waals surface area (Å²) in [6.07, 6.45) is -0.283. The molecule has 4 rings (SSSR count). The summed E-state index contributed by atoms with van der Waals surface area (Å²) in [5, 5.41) is 23.2. The largest absolute Gasteiger partial charge is 0.477 e. The maximum Gasteiger partial charge on any atom is 0.409 e. The van der Waals surface area contributed by atoms with Crippen LogP contribution in [-0.2, 0) is 14.3 Å². The molecule has 10 heteroatoms. The lowest BCUT2D eigenvalue weighted by atomic mass is 9.79. The fourth-order valence-electron chi connectivity index (χ4n) is 4.73. The van der Waals surface area contributed by atoms with E-state index in [9.17, 15) is 24.6 Å². The lowest BCUT2D eigenvalue weighted by Crippen LogP contribution is -2.63. The van der Waals surface area contributed by atoms with Gasteiger partial charge in [-0.1, -0.05) is 6.92 Å². The Balaban J connectivity index is 1.44. The van der Waals surface area contributed by atoms with E-state index in [4.69, 9.17) is 4.74 Å². The van der Waals surface area contributed by atoms with E-state index in [0.717, 1.165) is 6.42 Å². The minimum absolute atomic E-state index is 0.0657. The Bertz CT molecular complexity index is 741. The van der Waals surface area contributed by atoms with Crippen LogP contribution in [0.2, 0.25) is 0 Å². The molecule has 2 amide bonds. The zero-order chi connectivity index (χ0) is 20.2. The number of nitrogens with one attached hydrogen (secondary N) is 1. The Morgan fingerprint density at radius 2 is 2.18 bits per heavy atom. The van der Waals surface area contributed by atoms with Crippen molar-refractivity contribution in [2.75, 3.05) is 26.2 Å². The van der Waals surface area contributed by atoms with Crippen LogP contribution in [0.15, 0.2) is 10.6 Å². The van der Waals surface area contributed by atoms with Crippen LogP contribution in [0.1, 0.15) is 20.3 Å². The normalized spacial score (nSPS) is 35.9. The summed E-state index contributed by atoms with van der Waals surface area (Å²) in [7, 11) is 0. The Morgan fingerprint density at radius 3 is 2.79 bits per heavy atom. The SMILES string of the molecule is C[C@@H](O)[C@H]1C(=O)N2C(C(=O)O)=C(S[C@@H]3CN[C@H](CN4CCOC4=O)C3)[C@H](C)[C@H]12. The van der Waals surface area contributed by atoms with Crippen LogP contribution in [0.5, 0.6) is 0 Å². The Labute approximate surface area is 167 Å². The number of carbonyl (C=O) groups is 3. The van der Waals surface area contributed by atoms with E-state index in [1.54, 1.807) is 11.8 Å². The summed E-state index contributed by atoms with van der Waals surface area (Å²) in [5.41, 5.74) is 0.0657. The number of carboxylic acids is 1. The number of aliphatic carboxylic acids is 1. The standard InChI is InChI=1S/C18H25N3O6S/c1-8-13-12(9(2)22)16(23)21(13)14(17(24)25)15(8)28-11-5-10(19-6-11)7-20-3-4-27-18(20)26/h8-13,19,22H,3-7H2,1-2H3,(H,24,25)/t8-,9-,10+,11+,12-,13-/m1/s1. The number of hydrogen-bond acceptors (Lipinski definition) is 7. The highest BCUT2D eigenvalue weighted by Crippen LogP contribution is 2.51. The van der Waals surface area contributed by atoms with Gasteiger partial charge in [0.1, 0.15) is 12.3 Å². The van der Waals surface area contributed by atoms with Crippen molar-refractivity contribution in [2.45, 2.75) is 43.7 Å². The van der Waals surface area contributed by atoms with Crippen LogP contribution in [0.25, 0.3) is 0 Å². The summed E-state index contributed by atoms with van der Waals surface area (Å²) < 4.78 is 4.96. The van der Waals surface area contributed by atoms with Crippen LogP contribution in [-0.4, -0.2) is 87.7 Å². The lowest BCUT2D eigenvalue weighted by Gasteiger charge is -2.46. The number of amides is 2. The van der Waals surface area contributed by atoms with Gasteiger partial charge in [0.25, 0.3) is 0 Å². The van der Waals surface area contributed by atoms with Gasteiger partial charge in [0.05, 0.1) is 24.6 Å². The third kappa shape index (κ3) is 3.07. The van der Waals surface area contributed by atoms with Crippen molar-refractivity contribution in [3.63, 3.8) is 0 Å². The molecule has 3 fully saturated rings. The predicted octanol–water partition coefficient (Wildman–Crippen LogP) is 0.0560. The number of cyclic esters (lactones) is 1. The molecule has 4 aliphatic rings. The minimum Gasteiger partial charge on any atom is -0.477 e. The molecular weight excluding hydrogens is 386 g/mol. The molecule has 0 aromatic heterocycles. The first kappa shape index (κ1) is 19.5. The van der Waals surface area contributed by atoms with Crippen LogP contribution in [0.3, 0.4) is 0 Å². The average molecular weight is 411 g/mol. The summed E-state index contributed by atoms with van der Waals surface area (Å²) in [4.78, 5) is 39.6. The Morgan fingerprint density at radius 1 is 1.43 bits per heavy atom. The van der Waals surface area contributed by atoms with Crippen molar-refractivity contribution >= 4 is 29.7 Å². The molecular formula is C18H25N3O6S. The van der Waals surface area contributed by atoms with E-state index in [0.29, 0.717) is 31.1 Å². The quantitative estimate of drug-likeness (QED) is 0.525. The molecule has 0 spiro atoms. The number of rotatable bonds is 6. The first-order chi connectivity index (χ1) is 13.3. The molecule has 4 aliphatic heterocycles. The van der Waals surface area contributed by atoms with Crippen molar-refractivity contribution < 1.29 is 29.3 Å². The number of carbonyl (C=O) groups excluding carboxylic acids is 2. The fraction of sp³-hybridized carbons (Fsp3) is 0.722. The van der Waals surface area contributed by atoms with Gasteiger partial charge in [0.15, 0.2) is 0 Å². The number of β-lactam (4-membered cyclic amide) rings is 1. The zero-order valence-electron chi connectivity index (χ0n) is 15.8. The van der Waals surface area contributed by atoms with Crippen molar-refractivity contribution in [3.8, 4) is 0 Å². The number of hydrogen-bond donors (Lipinski definition) is 3. The smallest absolute Gasteiger partial charge is 0.409 e. The van der Waals surface area contributed by atoms with E-state index in [2.05, 4.69) is 5.32 Å². The van der Waals surface area contributed by atoms with Gasteiger partial charge in [-0.15, -0.1) is 11.8 Å². The predicted molar refractivity (Wildman–Crippen MR) is 100 cm³/mol. The van der Waals surface area contributed by atoms with Crippen molar-refractivity contribution in [1.82, 2.24) is 15.1 Å². The Kier molecular flexibility index (Phi) is 5.05. The molecule has 0 unspecified atom stereocenters. The maximum atomic E-state index is 12.4. The molecule has 0 aliphatic carbocycles. The fourth-order valence-corrected chi connectivity index (χ4v) is 6.25. The van der Waals surface area contributed by atoms with Crippen LogP contribution < -0.4 is 5.32 Å². The molecule has 0 bridgehead atoms. The second kappa shape index (κ2) is 7.23. The van der Waals surface area contributed by atoms with Crippen molar-refractivity contribution in [1.29, 1.82) is 0 Å². The van der Waals surface area contributed by atoms with Gasteiger partial charge in [-0.2, -0.15) is 0 Å². The van der Waals surface area contributed by atoms with Crippen molar-refractivity contribution in [2.24, 2.45) is 11.8 Å². The van der Waals surface area contributed by atoms with Gasteiger partial charge >= 0.3 is 12.1 Å². The zero-order valence-corrected chi connectivity index (χ0v) is 16.6. The Hall–Kier alpha value is -1.78. The van der Waals surface area contributed by atoms with Gasteiger partial charge < -0.3 is 30.1 Å². The third-order valence-electron chi connectivity index (χ3n) is 6.07. The number of ether oxygens (including phenoxy) is 1. The molecule has 0 aromatic carbocycles. The molecule has 4 heterocycles. The van der Waals surface area contributed by atoms with E-state index < -0.39 is 18.0 Å². The van der Waals surface area contributed by atoms with E-state index in [-0.39, 0.29) is 40.9 Å². The molecule has 28 heavy (non-hydrogen) atoms. The topological polar surface area (TPSA) is 119 Å². The average Bonchev–Trinajstić information content (AvgIpc) is 3.28. The molecule has 6 atom stereocenters. The molecule has 3 N–H and O–H groups in total. The number of nitrogens with zero attached hydrogens (tertiary/aromatic N) is 2. The molecule has 9 nitrogen and oxygen atoms in total.